The second-order valence-corrected chi connectivity index (χ2v) is 8.20. The Kier molecular flexibility index (Phi) is 7.76. The fourth-order valence-electron chi connectivity index (χ4n) is 3.61. The number of carboxylic acids is 1. The van der Waals surface area contributed by atoms with Gasteiger partial charge in [-0.2, -0.15) is 13.2 Å². The third-order valence-electron chi connectivity index (χ3n) is 5.56. The highest BCUT2D eigenvalue weighted by Gasteiger charge is 2.29. The van der Waals surface area contributed by atoms with Crippen LogP contribution in [0.2, 0.25) is 0 Å². The summed E-state index contributed by atoms with van der Waals surface area (Å²) in [6.45, 7) is 0.416. The largest absolute Gasteiger partial charge is 0.482 e. The fourth-order valence-corrected chi connectivity index (χ4v) is 3.61. The molecule has 0 atom stereocenters. The molecule has 2 amide bonds. The lowest BCUT2D eigenvalue weighted by Gasteiger charge is -2.18. The van der Waals surface area contributed by atoms with Crippen LogP contribution in [0, 0.1) is 0 Å². The molecule has 6 N–H and O–H groups in total. The van der Waals surface area contributed by atoms with Crippen molar-refractivity contribution in [2.75, 3.05) is 11.9 Å². The number of aromatic nitrogens is 3. The smallest absolute Gasteiger partial charge is 0.416 e. The lowest BCUT2D eigenvalue weighted by Crippen LogP contribution is -2.26. The van der Waals surface area contributed by atoms with E-state index in [1.165, 1.54) is 18.3 Å². The quantitative estimate of drug-likeness (QED) is 0.256. The Morgan fingerprint density at radius 2 is 1.82 bits per heavy atom. The molecule has 39 heavy (non-hydrogen) atoms. The summed E-state index contributed by atoms with van der Waals surface area (Å²) in [5.74, 6) is -1.31. The van der Waals surface area contributed by atoms with E-state index in [9.17, 15) is 27.6 Å². The number of nitrogens with zero attached hydrogens (tertiary/aromatic N) is 2. The van der Waals surface area contributed by atoms with Gasteiger partial charge in [0.25, 0.3) is 11.8 Å². The van der Waals surface area contributed by atoms with E-state index >= 15 is 0 Å². The van der Waals surface area contributed by atoms with Crippen molar-refractivity contribution in [1.82, 2.24) is 20.3 Å². The van der Waals surface area contributed by atoms with Crippen molar-refractivity contribution in [2.24, 2.45) is 5.73 Å². The molecule has 3 heterocycles. The number of aromatic carboxylic acids is 1. The van der Waals surface area contributed by atoms with Crippen molar-refractivity contribution >= 4 is 34.5 Å². The Bertz CT molecular complexity index is 1540. The van der Waals surface area contributed by atoms with Gasteiger partial charge in [0.2, 0.25) is 0 Å². The van der Waals surface area contributed by atoms with Crippen LogP contribution < -0.4 is 21.1 Å². The van der Waals surface area contributed by atoms with E-state index in [0.717, 1.165) is 24.0 Å². The molecule has 5 rings (SSSR count). The summed E-state index contributed by atoms with van der Waals surface area (Å²) in [4.78, 5) is 45.7. The summed E-state index contributed by atoms with van der Waals surface area (Å²) in [6.07, 6.45) is -1.85. The summed E-state index contributed by atoms with van der Waals surface area (Å²) in [5, 5.41) is 14.6. The monoisotopic (exact) mass is 542 g/mol. The first-order valence-corrected chi connectivity index (χ1v) is 11.3. The zero-order chi connectivity index (χ0) is 28.2. The molecule has 0 radical (unpaired) electrons. The van der Waals surface area contributed by atoms with Crippen LogP contribution in [0.4, 0.5) is 18.9 Å². The molecule has 11 nitrogen and oxygen atoms in total. The molecule has 0 aliphatic carbocycles. The van der Waals surface area contributed by atoms with Gasteiger partial charge in [0.15, 0.2) is 12.3 Å². The molecule has 0 spiro atoms. The Labute approximate surface area is 218 Å². The van der Waals surface area contributed by atoms with Crippen LogP contribution in [0.3, 0.4) is 0 Å². The number of amides is 2. The number of halogens is 3. The Hall–Kier alpha value is -4.98. The molecule has 2 aromatic heterocycles. The standard InChI is InChI=1S/C17H13N5O5.C8H8F3N/c23-12-6-27-11-2-1-8(3-10(11)22-12)4-19-16(24)15-14-13(20-7-21-15)9(5-18-14)17(25)26;9-8(10,11)7-3-1-6(5-12)2-4-7/h1-3,5,7,18H,4,6H2,(H,19,24)(H,22,23)(H,25,26);1-4H,5,12H2. The van der Waals surface area contributed by atoms with Gasteiger partial charge >= 0.3 is 12.1 Å². The van der Waals surface area contributed by atoms with Gasteiger partial charge in [0, 0.05) is 19.3 Å². The first kappa shape index (κ1) is 27.1. The highest BCUT2D eigenvalue weighted by Crippen LogP contribution is 2.29. The highest BCUT2D eigenvalue weighted by molar-refractivity contribution is 6.08. The first-order valence-electron chi connectivity index (χ1n) is 11.3. The zero-order valence-corrected chi connectivity index (χ0v) is 20.0. The van der Waals surface area contributed by atoms with Gasteiger partial charge < -0.3 is 31.2 Å². The number of nitrogens with one attached hydrogen (secondary N) is 3. The van der Waals surface area contributed by atoms with Crippen molar-refractivity contribution < 1.29 is 37.4 Å². The molecule has 0 fully saturated rings. The third kappa shape index (κ3) is 6.30. The number of anilines is 1. The summed E-state index contributed by atoms with van der Waals surface area (Å²) in [6, 6.07) is 10.0. The maximum Gasteiger partial charge on any atom is 0.416 e. The second kappa shape index (κ2) is 11.2. The van der Waals surface area contributed by atoms with Crippen molar-refractivity contribution in [3.8, 4) is 5.75 Å². The molecule has 4 aromatic rings. The van der Waals surface area contributed by atoms with Gasteiger partial charge in [-0.3, -0.25) is 9.59 Å². The number of carboxylic acid groups (broad SMARTS) is 1. The number of ether oxygens (including phenoxy) is 1. The normalized spacial score (nSPS) is 12.5. The van der Waals surface area contributed by atoms with Gasteiger partial charge in [-0.05, 0) is 35.4 Å². The number of hydrogen-bond donors (Lipinski definition) is 5. The number of carbonyl (C=O) groups excluding carboxylic acids is 2. The number of nitrogens with two attached hydrogens (primary N) is 1. The van der Waals surface area contributed by atoms with Crippen LogP contribution >= 0.6 is 0 Å². The Balaban J connectivity index is 0.000000247. The SMILES string of the molecule is NCc1ccc(C(F)(F)F)cc1.O=C1COc2ccc(CNC(=O)c3ncnc4c(C(=O)O)c[nH]c34)cc2N1. The van der Waals surface area contributed by atoms with E-state index in [1.54, 1.807) is 18.2 Å². The number of H-pyrrole nitrogens is 1. The minimum atomic E-state index is -4.26. The van der Waals surface area contributed by atoms with Crippen LogP contribution in [0.25, 0.3) is 11.0 Å². The third-order valence-corrected chi connectivity index (χ3v) is 5.56. The predicted molar refractivity (Wildman–Crippen MR) is 132 cm³/mol. The van der Waals surface area contributed by atoms with Crippen LogP contribution in [0.1, 0.15) is 37.5 Å². The van der Waals surface area contributed by atoms with Crippen molar-refractivity contribution in [1.29, 1.82) is 0 Å². The molecule has 0 saturated heterocycles. The van der Waals surface area contributed by atoms with Crippen LogP contribution in [-0.4, -0.2) is 44.4 Å². The van der Waals surface area contributed by atoms with E-state index in [-0.39, 0.29) is 47.9 Å². The minimum Gasteiger partial charge on any atom is -0.482 e. The van der Waals surface area contributed by atoms with E-state index < -0.39 is 23.6 Å². The number of benzene rings is 2. The van der Waals surface area contributed by atoms with Gasteiger partial charge in [-0.25, -0.2) is 14.8 Å². The molecule has 0 unspecified atom stereocenters. The average molecular weight is 542 g/mol. The number of alkyl halides is 3. The topological polar surface area (TPSA) is 172 Å². The number of aromatic amines is 1. The van der Waals surface area contributed by atoms with E-state index in [1.807, 2.05) is 0 Å². The van der Waals surface area contributed by atoms with Crippen molar-refractivity contribution in [3.63, 3.8) is 0 Å². The van der Waals surface area contributed by atoms with Gasteiger partial charge in [0.1, 0.15) is 23.2 Å². The molecule has 0 bridgehead atoms. The molecule has 1 aliphatic rings. The van der Waals surface area contributed by atoms with Crippen molar-refractivity contribution in [2.45, 2.75) is 19.3 Å². The minimum absolute atomic E-state index is 0.0265. The summed E-state index contributed by atoms with van der Waals surface area (Å²) in [5.41, 5.74) is 6.99. The maximum absolute atomic E-state index is 12.5. The summed E-state index contributed by atoms with van der Waals surface area (Å²) < 4.78 is 41.3. The Morgan fingerprint density at radius 3 is 2.49 bits per heavy atom. The fraction of sp³-hybridized carbons (Fsp3) is 0.160. The van der Waals surface area contributed by atoms with Gasteiger partial charge in [-0.1, -0.05) is 18.2 Å². The molecular weight excluding hydrogens is 521 g/mol. The van der Waals surface area contributed by atoms with Gasteiger partial charge in [0.05, 0.1) is 16.8 Å². The molecule has 14 heteroatoms. The average Bonchev–Trinajstić information content (AvgIpc) is 3.36. The number of fused-ring (bicyclic) bond motifs is 2. The first-order chi connectivity index (χ1) is 18.6. The maximum atomic E-state index is 12.5. The van der Waals surface area contributed by atoms with E-state index in [0.29, 0.717) is 17.0 Å². The molecule has 0 saturated carbocycles. The number of rotatable bonds is 5. The molecule has 1 aliphatic heterocycles. The van der Waals surface area contributed by atoms with Crippen LogP contribution in [-0.2, 0) is 24.1 Å². The zero-order valence-electron chi connectivity index (χ0n) is 20.0. The molecule has 2 aromatic carbocycles. The molecular formula is C25H21F3N6O5. The summed E-state index contributed by atoms with van der Waals surface area (Å²) >= 11 is 0. The lowest BCUT2D eigenvalue weighted by molar-refractivity contribution is -0.137. The Morgan fingerprint density at radius 1 is 1.10 bits per heavy atom. The lowest BCUT2D eigenvalue weighted by atomic mass is 10.1. The second-order valence-electron chi connectivity index (χ2n) is 8.20. The van der Waals surface area contributed by atoms with E-state index in [2.05, 4.69) is 25.6 Å². The van der Waals surface area contributed by atoms with Crippen molar-refractivity contribution in [3.05, 3.63) is 82.9 Å². The predicted octanol–water partition coefficient (Wildman–Crippen LogP) is 3.08. The van der Waals surface area contributed by atoms with E-state index in [4.69, 9.17) is 15.6 Å². The van der Waals surface area contributed by atoms with Gasteiger partial charge in [-0.15, -0.1) is 0 Å². The number of carbonyl (C=O) groups is 3. The van der Waals surface area contributed by atoms with Crippen LogP contribution in [0.15, 0.2) is 55.0 Å². The highest BCUT2D eigenvalue weighted by atomic mass is 19.4. The summed E-state index contributed by atoms with van der Waals surface area (Å²) in [7, 11) is 0. The molecule has 202 valence electrons. The number of hydrogen-bond acceptors (Lipinski definition) is 7. The van der Waals surface area contributed by atoms with Crippen LogP contribution in [0.5, 0.6) is 5.75 Å².